The van der Waals surface area contributed by atoms with E-state index in [0.717, 1.165) is 5.56 Å². The van der Waals surface area contributed by atoms with E-state index in [1.54, 1.807) is 32.0 Å². The molecule has 0 unspecified atom stereocenters. The highest BCUT2D eigenvalue weighted by molar-refractivity contribution is 7.53. The second-order valence-corrected chi connectivity index (χ2v) is 6.54. The van der Waals surface area contributed by atoms with Gasteiger partial charge in [-0.3, -0.25) is 4.57 Å². The van der Waals surface area contributed by atoms with E-state index in [1.807, 2.05) is 0 Å². The van der Waals surface area contributed by atoms with Gasteiger partial charge in [-0.25, -0.2) is 0 Å². The van der Waals surface area contributed by atoms with Gasteiger partial charge in [-0.2, -0.15) is 0 Å². The fourth-order valence-electron chi connectivity index (χ4n) is 1.87. The molecule has 1 aromatic carbocycles. The van der Waals surface area contributed by atoms with Crippen molar-refractivity contribution in [2.24, 2.45) is 0 Å². The van der Waals surface area contributed by atoms with Crippen LogP contribution in [0.5, 0.6) is 11.5 Å². The highest BCUT2D eigenvalue weighted by Crippen LogP contribution is 2.51. The molecule has 1 aromatic rings. The summed E-state index contributed by atoms with van der Waals surface area (Å²) in [5.41, 5.74) is 0.756. The van der Waals surface area contributed by atoms with Crippen LogP contribution in [0.3, 0.4) is 0 Å². The van der Waals surface area contributed by atoms with E-state index in [1.165, 1.54) is 14.2 Å². The first-order valence-electron chi connectivity index (χ1n) is 7.33. The van der Waals surface area contributed by atoms with Crippen molar-refractivity contribution >= 4 is 7.60 Å². The molecule has 23 heavy (non-hydrogen) atoms. The van der Waals surface area contributed by atoms with Gasteiger partial charge in [0.25, 0.3) is 0 Å². The van der Waals surface area contributed by atoms with Gasteiger partial charge in [-0.05, 0) is 31.5 Å². The van der Waals surface area contributed by atoms with Crippen LogP contribution in [0.1, 0.15) is 19.4 Å². The summed E-state index contributed by atoms with van der Waals surface area (Å²) in [5, 5.41) is 0. The zero-order chi connectivity index (χ0) is 17.1. The molecule has 0 heterocycles. The smallest absolute Gasteiger partial charge is 0.335 e. The lowest BCUT2D eigenvalue weighted by molar-refractivity contribution is 0.0322. The molecule has 132 valence electrons. The molecule has 0 saturated carbocycles. The van der Waals surface area contributed by atoms with E-state index < -0.39 is 7.60 Å². The number of hydrogen-bond donors (Lipinski definition) is 0. The van der Waals surface area contributed by atoms with Crippen LogP contribution in [0, 0.1) is 0 Å². The topological polar surface area (TPSA) is 72.5 Å². The van der Waals surface area contributed by atoms with E-state index in [9.17, 15) is 4.57 Å². The Balaban J connectivity index is 2.95. The number of rotatable bonds is 12. The van der Waals surface area contributed by atoms with Gasteiger partial charge in [-0.15, -0.1) is 0 Å². The highest BCUT2D eigenvalue weighted by atomic mass is 31.2. The first-order valence-corrected chi connectivity index (χ1v) is 9.05. The Bertz CT molecular complexity index is 497. The summed E-state index contributed by atoms with van der Waals surface area (Å²) < 4.78 is 43.9. The summed E-state index contributed by atoms with van der Waals surface area (Å²) in [7, 11) is -0.118. The quantitative estimate of drug-likeness (QED) is 0.423. The molecule has 0 bridgehead atoms. The van der Waals surface area contributed by atoms with E-state index in [0.29, 0.717) is 24.7 Å². The molecule has 7 nitrogen and oxygen atoms in total. The molecule has 0 fully saturated rings. The predicted molar refractivity (Wildman–Crippen MR) is 86.0 cm³/mol. The van der Waals surface area contributed by atoms with E-state index in [4.69, 9.17) is 28.0 Å². The Labute approximate surface area is 137 Å². The Kier molecular flexibility index (Phi) is 9.21. The Morgan fingerprint density at radius 3 is 2.00 bits per heavy atom. The van der Waals surface area contributed by atoms with Crippen LogP contribution < -0.4 is 9.47 Å². The lowest BCUT2D eigenvalue weighted by Crippen LogP contribution is -2.05. The van der Waals surface area contributed by atoms with Crippen molar-refractivity contribution in [1.82, 2.24) is 0 Å². The van der Waals surface area contributed by atoms with E-state index >= 15 is 0 Å². The van der Waals surface area contributed by atoms with Crippen LogP contribution in [0.2, 0.25) is 0 Å². The summed E-state index contributed by atoms with van der Waals surface area (Å²) in [6.45, 7) is 4.36. The molecule has 0 atom stereocenters. The van der Waals surface area contributed by atoms with Gasteiger partial charge >= 0.3 is 7.60 Å². The predicted octanol–water partition coefficient (Wildman–Crippen LogP) is 3.42. The van der Waals surface area contributed by atoms with E-state index in [2.05, 4.69) is 0 Å². The summed E-state index contributed by atoms with van der Waals surface area (Å²) in [4.78, 5) is 0. The molecule has 0 aliphatic heterocycles. The zero-order valence-electron chi connectivity index (χ0n) is 14.1. The molecule has 0 saturated heterocycles. The van der Waals surface area contributed by atoms with Crippen LogP contribution in [0.4, 0.5) is 0 Å². The Morgan fingerprint density at radius 1 is 0.913 bits per heavy atom. The molecular weight excluding hydrogens is 323 g/mol. The molecule has 0 aromatic heterocycles. The first kappa shape index (κ1) is 19.9. The van der Waals surface area contributed by atoms with Crippen LogP contribution in [-0.4, -0.2) is 41.0 Å². The van der Waals surface area contributed by atoms with E-state index in [-0.39, 0.29) is 19.7 Å². The summed E-state index contributed by atoms with van der Waals surface area (Å²) >= 11 is 0. The number of hydrogen-bond acceptors (Lipinski definition) is 7. The average Bonchev–Trinajstić information content (AvgIpc) is 2.52. The van der Waals surface area contributed by atoms with Gasteiger partial charge in [0.05, 0.1) is 19.4 Å². The standard InChI is InChI=1S/C15H25O7P/c1-5-21-23(16,22-6-2)10-13-7-8-14(19-11-17-3)15(9-13)20-12-18-4/h7-9H,5-6,10-12H2,1-4H3. The highest BCUT2D eigenvalue weighted by Gasteiger charge is 2.24. The van der Waals surface area contributed by atoms with Crippen molar-refractivity contribution < 1.29 is 32.6 Å². The summed E-state index contributed by atoms with van der Waals surface area (Å²) in [6.07, 6.45) is 0.155. The summed E-state index contributed by atoms with van der Waals surface area (Å²) in [5.74, 6) is 0.983. The molecular formula is C15H25O7P. The molecule has 1 rings (SSSR count). The van der Waals surface area contributed by atoms with Crippen molar-refractivity contribution in [3.63, 3.8) is 0 Å². The minimum absolute atomic E-state index is 0.0708. The SMILES string of the molecule is CCOP(=O)(Cc1ccc(OCOC)c(OCOC)c1)OCC. The Hall–Kier alpha value is -1.11. The lowest BCUT2D eigenvalue weighted by Gasteiger charge is -2.18. The lowest BCUT2D eigenvalue weighted by atomic mass is 10.2. The third-order valence-corrected chi connectivity index (χ3v) is 4.76. The van der Waals surface area contributed by atoms with Crippen LogP contribution in [0.15, 0.2) is 18.2 Å². The minimum Gasteiger partial charge on any atom is -0.464 e. The maximum absolute atomic E-state index is 12.6. The van der Waals surface area contributed by atoms with Crippen LogP contribution >= 0.6 is 7.60 Å². The van der Waals surface area contributed by atoms with Gasteiger partial charge in [0.1, 0.15) is 0 Å². The first-order chi connectivity index (χ1) is 11.1. The maximum atomic E-state index is 12.6. The molecule has 8 heteroatoms. The molecule has 0 aliphatic rings. The van der Waals surface area contributed by atoms with Gasteiger partial charge in [0.15, 0.2) is 25.1 Å². The van der Waals surface area contributed by atoms with Crippen molar-refractivity contribution in [3.8, 4) is 11.5 Å². The zero-order valence-corrected chi connectivity index (χ0v) is 15.0. The molecule has 0 aliphatic carbocycles. The fraction of sp³-hybridized carbons (Fsp3) is 0.600. The normalized spacial score (nSPS) is 11.5. The largest absolute Gasteiger partial charge is 0.464 e. The van der Waals surface area contributed by atoms with Gasteiger partial charge in [-0.1, -0.05) is 6.07 Å². The molecule has 0 N–H and O–H groups in total. The number of methoxy groups -OCH3 is 2. The second kappa shape index (κ2) is 10.6. The number of benzene rings is 1. The van der Waals surface area contributed by atoms with Crippen molar-refractivity contribution in [1.29, 1.82) is 0 Å². The van der Waals surface area contributed by atoms with Crippen molar-refractivity contribution in [2.75, 3.05) is 41.0 Å². The van der Waals surface area contributed by atoms with Gasteiger partial charge in [0.2, 0.25) is 0 Å². The minimum atomic E-state index is -3.18. The monoisotopic (exact) mass is 348 g/mol. The molecule has 0 radical (unpaired) electrons. The molecule has 0 amide bonds. The van der Waals surface area contributed by atoms with Gasteiger partial charge in [0, 0.05) is 14.2 Å². The van der Waals surface area contributed by atoms with Crippen LogP contribution in [0.25, 0.3) is 0 Å². The summed E-state index contributed by atoms with van der Waals surface area (Å²) in [6, 6.07) is 5.24. The van der Waals surface area contributed by atoms with Gasteiger partial charge < -0.3 is 28.0 Å². The number of ether oxygens (including phenoxy) is 4. The second-order valence-electron chi connectivity index (χ2n) is 4.49. The molecule has 0 spiro atoms. The third-order valence-electron chi connectivity index (χ3n) is 2.70. The third kappa shape index (κ3) is 6.89. The van der Waals surface area contributed by atoms with Crippen molar-refractivity contribution in [3.05, 3.63) is 23.8 Å². The average molecular weight is 348 g/mol. The maximum Gasteiger partial charge on any atom is 0.335 e. The van der Waals surface area contributed by atoms with Crippen molar-refractivity contribution in [2.45, 2.75) is 20.0 Å². The Morgan fingerprint density at radius 2 is 1.48 bits per heavy atom. The van der Waals surface area contributed by atoms with Crippen LogP contribution in [-0.2, 0) is 29.2 Å². The fourth-order valence-corrected chi connectivity index (χ4v) is 3.56.